The molecule has 0 saturated heterocycles. The second-order valence-corrected chi connectivity index (χ2v) is 8.02. The summed E-state index contributed by atoms with van der Waals surface area (Å²) < 4.78 is 8.48. The number of imide groups is 1. The highest BCUT2D eigenvalue weighted by Crippen LogP contribution is 2.30. The number of carbonyl (C=O) groups is 3. The number of benzene rings is 2. The van der Waals surface area contributed by atoms with Crippen LogP contribution in [-0.4, -0.2) is 40.8 Å². The van der Waals surface area contributed by atoms with Gasteiger partial charge in [-0.1, -0.05) is 36.5 Å². The van der Waals surface area contributed by atoms with Crippen LogP contribution < -0.4 is 9.54 Å². The van der Waals surface area contributed by atoms with Crippen molar-refractivity contribution in [1.29, 1.82) is 0 Å². The number of aromatic nitrogens is 1. The smallest absolute Gasteiger partial charge is 0.268 e. The summed E-state index contributed by atoms with van der Waals surface area (Å²) in [7, 11) is 1.61. The van der Waals surface area contributed by atoms with Gasteiger partial charge in [0.2, 0.25) is 0 Å². The van der Waals surface area contributed by atoms with Crippen LogP contribution in [0.2, 0.25) is 0 Å². The maximum absolute atomic E-state index is 12.7. The van der Waals surface area contributed by atoms with Crippen molar-refractivity contribution in [1.82, 2.24) is 9.47 Å². The molecule has 1 aliphatic heterocycles. The first-order chi connectivity index (χ1) is 14.5. The summed E-state index contributed by atoms with van der Waals surface area (Å²) in [5.74, 6) is -0.754. The highest BCUT2D eigenvalue weighted by molar-refractivity contribution is 7.16. The molecule has 0 spiro atoms. The van der Waals surface area contributed by atoms with Gasteiger partial charge in [-0.05, 0) is 37.1 Å². The molecule has 0 aliphatic carbocycles. The van der Waals surface area contributed by atoms with Gasteiger partial charge in [0.1, 0.15) is 17.8 Å². The molecule has 0 N–H and O–H groups in total. The lowest BCUT2D eigenvalue weighted by Gasteiger charge is -2.11. The number of rotatable bonds is 5. The third kappa shape index (κ3) is 3.23. The molecule has 0 unspecified atom stereocenters. The highest BCUT2D eigenvalue weighted by Gasteiger charge is 2.36. The number of amides is 3. The molecule has 2 heterocycles. The second kappa shape index (κ2) is 7.87. The Kier molecular flexibility index (Phi) is 5.26. The van der Waals surface area contributed by atoms with Gasteiger partial charge in [0.15, 0.2) is 4.80 Å². The fourth-order valence-corrected chi connectivity index (χ4v) is 4.78. The Labute approximate surface area is 177 Å². The Bertz CT molecular complexity index is 1220. The minimum absolute atomic E-state index is 0.318. The van der Waals surface area contributed by atoms with E-state index >= 15 is 0 Å². The summed E-state index contributed by atoms with van der Waals surface area (Å²) in [5, 5.41) is 0. The van der Waals surface area contributed by atoms with E-state index in [4.69, 9.17) is 4.74 Å². The van der Waals surface area contributed by atoms with E-state index in [2.05, 4.69) is 4.99 Å². The second-order valence-electron chi connectivity index (χ2n) is 7.05. The Hall–Kier alpha value is -3.26. The van der Waals surface area contributed by atoms with Crippen molar-refractivity contribution < 1.29 is 19.1 Å². The van der Waals surface area contributed by atoms with E-state index in [-0.39, 0.29) is 6.54 Å². The largest absolute Gasteiger partial charge is 0.495 e. The van der Waals surface area contributed by atoms with Crippen LogP contribution in [0.5, 0.6) is 5.75 Å². The Morgan fingerprint density at radius 3 is 2.37 bits per heavy atom. The number of hydrogen-bond donors (Lipinski definition) is 0. The molecular weight excluding hydrogens is 402 g/mol. The van der Waals surface area contributed by atoms with Gasteiger partial charge >= 0.3 is 0 Å². The van der Waals surface area contributed by atoms with Crippen LogP contribution in [0.15, 0.2) is 41.4 Å². The van der Waals surface area contributed by atoms with Crippen LogP contribution in [0.4, 0.5) is 0 Å². The molecular formula is C22H21N3O4S. The molecule has 4 rings (SSSR count). The normalized spacial score (nSPS) is 14.0. The fourth-order valence-electron chi connectivity index (χ4n) is 3.62. The molecule has 8 heteroatoms. The van der Waals surface area contributed by atoms with Crippen molar-refractivity contribution in [2.75, 3.05) is 13.7 Å². The lowest BCUT2D eigenvalue weighted by atomic mass is 10.1. The number of thiazole rings is 1. The summed E-state index contributed by atoms with van der Waals surface area (Å²) in [4.78, 5) is 43.5. The Morgan fingerprint density at radius 2 is 1.77 bits per heavy atom. The summed E-state index contributed by atoms with van der Waals surface area (Å²) in [5.41, 5.74) is 2.60. The topological polar surface area (TPSA) is 81.0 Å². The zero-order chi connectivity index (χ0) is 21.4. The molecule has 0 bridgehead atoms. The molecule has 1 aromatic heterocycles. The van der Waals surface area contributed by atoms with Gasteiger partial charge in [-0.2, -0.15) is 4.99 Å². The van der Waals surface area contributed by atoms with Crippen molar-refractivity contribution in [2.45, 2.75) is 26.8 Å². The molecule has 3 amide bonds. The van der Waals surface area contributed by atoms with Gasteiger partial charge in [0, 0.05) is 6.54 Å². The van der Waals surface area contributed by atoms with Crippen LogP contribution >= 0.6 is 11.3 Å². The predicted molar refractivity (Wildman–Crippen MR) is 114 cm³/mol. The first-order valence-electron chi connectivity index (χ1n) is 9.66. The zero-order valence-corrected chi connectivity index (χ0v) is 17.8. The summed E-state index contributed by atoms with van der Waals surface area (Å²) >= 11 is 1.40. The summed E-state index contributed by atoms with van der Waals surface area (Å²) in [6.45, 7) is 4.32. The number of methoxy groups -OCH3 is 1. The molecule has 2 aromatic carbocycles. The molecule has 0 radical (unpaired) electrons. The van der Waals surface area contributed by atoms with Crippen molar-refractivity contribution >= 4 is 39.3 Å². The van der Waals surface area contributed by atoms with Crippen LogP contribution in [0.3, 0.4) is 0 Å². The molecule has 154 valence electrons. The van der Waals surface area contributed by atoms with Crippen LogP contribution in [0.25, 0.3) is 10.2 Å². The minimum atomic E-state index is -0.544. The van der Waals surface area contributed by atoms with E-state index in [0.29, 0.717) is 22.5 Å². The lowest BCUT2D eigenvalue weighted by Crippen LogP contribution is -2.35. The quantitative estimate of drug-likeness (QED) is 0.591. The first-order valence-corrected chi connectivity index (χ1v) is 10.5. The van der Waals surface area contributed by atoms with Gasteiger partial charge in [-0.25, -0.2) is 0 Å². The van der Waals surface area contributed by atoms with Gasteiger partial charge in [-0.15, -0.1) is 0 Å². The Balaban J connectivity index is 1.72. The van der Waals surface area contributed by atoms with Gasteiger partial charge in [-0.3, -0.25) is 19.3 Å². The summed E-state index contributed by atoms with van der Waals surface area (Å²) in [6, 6.07) is 10.4. The average molecular weight is 423 g/mol. The van der Waals surface area contributed by atoms with Gasteiger partial charge in [0.05, 0.1) is 22.9 Å². The monoisotopic (exact) mass is 423 g/mol. The number of carbonyl (C=O) groups excluding carboxylic acids is 3. The molecule has 7 nitrogen and oxygen atoms in total. The zero-order valence-electron chi connectivity index (χ0n) is 17.0. The fraction of sp³-hybridized carbons (Fsp3) is 0.273. The van der Waals surface area contributed by atoms with Crippen LogP contribution in [0.1, 0.15) is 39.6 Å². The maximum atomic E-state index is 12.7. The third-order valence-corrected chi connectivity index (χ3v) is 6.26. The SMILES string of the molecule is CCCn1c(=NC(=O)CN2C(=O)c3ccccc3C2=O)sc2c(C)ccc(OC)c21. The lowest BCUT2D eigenvalue weighted by molar-refractivity contribution is -0.118. The maximum Gasteiger partial charge on any atom is 0.268 e. The van der Waals surface area contributed by atoms with Crippen LogP contribution in [0, 0.1) is 6.92 Å². The number of fused-ring (bicyclic) bond motifs is 2. The van der Waals surface area contributed by atoms with Crippen molar-refractivity contribution in [3.8, 4) is 5.75 Å². The van der Waals surface area contributed by atoms with Crippen LogP contribution in [-0.2, 0) is 11.3 Å². The molecule has 0 fully saturated rings. The van der Waals surface area contributed by atoms with E-state index in [9.17, 15) is 14.4 Å². The molecule has 3 aromatic rings. The Morgan fingerprint density at radius 1 is 1.10 bits per heavy atom. The molecule has 0 saturated carbocycles. The predicted octanol–water partition coefficient (Wildman–Crippen LogP) is 3.15. The average Bonchev–Trinajstić information content (AvgIpc) is 3.21. The van der Waals surface area contributed by atoms with Gasteiger partial charge in [0.25, 0.3) is 17.7 Å². The van der Waals surface area contributed by atoms with E-state index < -0.39 is 17.7 Å². The van der Waals surface area contributed by atoms with Crippen molar-refractivity contribution in [3.05, 3.63) is 57.9 Å². The molecule has 1 aliphatic rings. The van der Waals surface area contributed by atoms with E-state index in [1.807, 2.05) is 30.5 Å². The van der Waals surface area contributed by atoms with E-state index in [1.165, 1.54) is 11.3 Å². The third-order valence-electron chi connectivity index (χ3n) is 5.04. The van der Waals surface area contributed by atoms with E-state index in [0.717, 1.165) is 32.9 Å². The first kappa shape index (κ1) is 20.0. The number of ether oxygens (including phenoxy) is 1. The number of nitrogens with zero attached hydrogens (tertiary/aromatic N) is 3. The van der Waals surface area contributed by atoms with Crippen molar-refractivity contribution in [3.63, 3.8) is 0 Å². The minimum Gasteiger partial charge on any atom is -0.495 e. The number of hydrogen-bond acceptors (Lipinski definition) is 5. The standard InChI is InChI=1S/C22H21N3O4S/c1-4-11-24-18-16(29-3)10-9-13(2)19(18)30-22(24)23-17(26)12-25-20(27)14-7-5-6-8-15(14)21(25)28/h5-10H,4,11-12H2,1-3H3. The molecule has 0 atom stereocenters. The van der Waals surface area contributed by atoms with Crippen molar-refractivity contribution in [2.24, 2.45) is 4.99 Å². The summed E-state index contributed by atoms with van der Waals surface area (Å²) in [6.07, 6.45) is 0.850. The number of aryl methyl sites for hydroxylation is 2. The van der Waals surface area contributed by atoms with Gasteiger partial charge < -0.3 is 9.30 Å². The molecule has 30 heavy (non-hydrogen) atoms. The highest BCUT2D eigenvalue weighted by atomic mass is 32.1. The van der Waals surface area contributed by atoms with E-state index in [1.54, 1.807) is 31.4 Å².